The topological polar surface area (TPSA) is 125 Å². The van der Waals surface area contributed by atoms with E-state index in [4.69, 9.17) is 0 Å². The largest absolute Gasteiger partial charge is 0.393 e. The second-order valence-electron chi connectivity index (χ2n) is 9.66. The number of anilines is 3. The third-order valence-corrected chi connectivity index (χ3v) is 8.10. The van der Waals surface area contributed by atoms with Crippen molar-refractivity contribution in [2.45, 2.75) is 25.4 Å². The highest BCUT2D eigenvalue weighted by Gasteiger charge is 2.22. The average molecular weight is 557 g/mol. The third kappa shape index (κ3) is 5.16. The summed E-state index contributed by atoms with van der Waals surface area (Å²) in [7, 11) is 1.95. The molecule has 0 bridgehead atoms. The van der Waals surface area contributed by atoms with E-state index in [2.05, 4.69) is 25.8 Å². The maximum absolute atomic E-state index is 14.7. The molecule has 9 nitrogen and oxygen atoms in total. The van der Waals surface area contributed by atoms with Gasteiger partial charge in [0.05, 0.1) is 22.4 Å². The Hall–Kier alpha value is -4.61. The van der Waals surface area contributed by atoms with Gasteiger partial charge in [-0.15, -0.1) is 11.3 Å². The Morgan fingerprint density at radius 1 is 1.15 bits per heavy atom. The highest BCUT2D eigenvalue weighted by molar-refractivity contribution is 7.14. The SMILES string of the molecule is Cn1cccc1-c1ccc(Nc2cc(-c3ccc(F)c(NC(=O)c4cc5c(s4)CC[C@@H](O)C5)c3)n[nH]c2=O)nc1. The van der Waals surface area contributed by atoms with Gasteiger partial charge in [0.15, 0.2) is 0 Å². The summed E-state index contributed by atoms with van der Waals surface area (Å²) < 4.78 is 16.7. The fraction of sp³-hybridized carbons (Fsp3) is 0.172. The number of halogens is 1. The van der Waals surface area contributed by atoms with Crippen LogP contribution in [0, 0.1) is 5.82 Å². The number of carbonyl (C=O) groups excluding carboxylic acids is 1. The number of carbonyl (C=O) groups is 1. The molecule has 0 aliphatic heterocycles. The van der Waals surface area contributed by atoms with Crippen LogP contribution in [0.25, 0.3) is 22.5 Å². The van der Waals surface area contributed by atoms with E-state index in [-0.39, 0.29) is 11.4 Å². The molecule has 0 spiro atoms. The Kier molecular flexibility index (Phi) is 6.74. The Morgan fingerprint density at radius 3 is 2.77 bits per heavy atom. The molecular weight excluding hydrogens is 531 g/mol. The van der Waals surface area contributed by atoms with Crippen molar-refractivity contribution in [2.24, 2.45) is 7.05 Å². The van der Waals surface area contributed by atoms with Gasteiger partial charge in [0, 0.05) is 41.1 Å². The predicted molar refractivity (Wildman–Crippen MR) is 152 cm³/mol. The van der Waals surface area contributed by atoms with Gasteiger partial charge in [-0.1, -0.05) is 0 Å². The van der Waals surface area contributed by atoms with Crippen molar-refractivity contribution in [3.05, 3.63) is 98.5 Å². The number of benzene rings is 1. The van der Waals surface area contributed by atoms with Crippen LogP contribution >= 0.6 is 11.3 Å². The number of hydrogen-bond donors (Lipinski definition) is 4. The van der Waals surface area contributed by atoms with Gasteiger partial charge in [0.1, 0.15) is 17.3 Å². The monoisotopic (exact) mass is 556 g/mol. The van der Waals surface area contributed by atoms with Crippen LogP contribution in [0.2, 0.25) is 0 Å². The minimum Gasteiger partial charge on any atom is -0.393 e. The molecule has 0 saturated heterocycles. The first-order valence-electron chi connectivity index (χ1n) is 12.7. The zero-order chi connectivity index (χ0) is 27.8. The number of fused-ring (bicyclic) bond motifs is 1. The summed E-state index contributed by atoms with van der Waals surface area (Å²) in [4.78, 5) is 31.4. The highest BCUT2D eigenvalue weighted by atomic mass is 32.1. The standard InChI is InChI=1S/C29H25FN6O3S/c1-36-10-2-3-24(36)17-5-9-27(31-15-17)32-23-14-21(34-35-28(23)38)16-4-7-20(30)22(12-16)33-29(39)26-13-18-11-19(37)6-8-25(18)40-26/h2-5,7,9-10,12-15,19,37H,6,8,11H2,1H3,(H,33,39)(H,35,38)(H,31,32,34)/t19-/m1/s1. The molecule has 202 valence electrons. The van der Waals surface area contributed by atoms with Crippen LogP contribution in [0.1, 0.15) is 26.5 Å². The van der Waals surface area contributed by atoms with Crippen LogP contribution in [0.5, 0.6) is 0 Å². The van der Waals surface area contributed by atoms with E-state index in [9.17, 15) is 19.1 Å². The first-order valence-corrected chi connectivity index (χ1v) is 13.5. The molecule has 6 rings (SSSR count). The van der Waals surface area contributed by atoms with E-state index in [0.29, 0.717) is 34.8 Å². The quantitative estimate of drug-likeness (QED) is 0.236. The number of pyridine rings is 1. The molecule has 1 atom stereocenters. The van der Waals surface area contributed by atoms with Crippen LogP contribution in [-0.4, -0.2) is 36.9 Å². The molecule has 1 aromatic carbocycles. The average Bonchev–Trinajstić information content (AvgIpc) is 3.57. The summed E-state index contributed by atoms with van der Waals surface area (Å²) in [5.41, 5.74) is 3.54. The number of aromatic amines is 1. The molecule has 4 heterocycles. The fourth-order valence-corrected chi connectivity index (χ4v) is 5.85. The zero-order valence-electron chi connectivity index (χ0n) is 21.4. The number of aliphatic hydroxyl groups excluding tert-OH is 1. The summed E-state index contributed by atoms with van der Waals surface area (Å²) in [5, 5.41) is 22.1. The van der Waals surface area contributed by atoms with Gasteiger partial charge in [-0.2, -0.15) is 5.10 Å². The number of nitrogens with zero attached hydrogens (tertiary/aromatic N) is 3. The Bertz CT molecular complexity index is 1780. The minimum absolute atomic E-state index is 0.00523. The van der Waals surface area contributed by atoms with Crippen molar-refractivity contribution in [1.29, 1.82) is 0 Å². The smallest absolute Gasteiger partial charge is 0.287 e. The first kappa shape index (κ1) is 25.7. The molecule has 1 aliphatic rings. The van der Waals surface area contributed by atoms with E-state index in [0.717, 1.165) is 28.1 Å². The summed E-state index contributed by atoms with van der Waals surface area (Å²) in [6.45, 7) is 0. The van der Waals surface area contributed by atoms with Crippen molar-refractivity contribution in [3.63, 3.8) is 0 Å². The van der Waals surface area contributed by atoms with Gasteiger partial charge in [-0.05, 0) is 79.4 Å². The maximum Gasteiger partial charge on any atom is 0.287 e. The van der Waals surface area contributed by atoms with E-state index in [1.807, 2.05) is 36.0 Å². The van der Waals surface area contributed by atoms with Gasteiger partial charge in [0.25, 0.3) is 11.5 Å². The summed E-state index contributed by atoms with van der Waals surface area (Å²) in [6, 6.07) is 15.2. The number of rotatable bonds is 6. The van der Waals surface area contributed by atoms with Crippen molar-refractivity contribution >= 4 is 34.4 Å². The number of aliphatic hydroxyl groups is 1. The van der Waals surface area contributed by atoms with Crippen LogP contribution in [0.4, 0.5) is 21.6 Å². The minimum atomic E-state index is -0.598. The molecule has 4 N–H and O–H groups in total. The molecule has 0 unspecified atom stereocenters. The number of thiophene rings is 1. The van der Waals surface area contributed by atoms with Crippen LogP contribution < -0.4 is 16.2 Å². The van der Waals surface area contributed by atoms with E-state index >= 15 is 0 Å². The van der Waals surface area contributed by atoms with Crippen molar-refractivity contribution in [1.82, 2.24) is 19.7 Å². The zero-order valence-corrected chi connectivity index (χ0v) is 22.3. The molecule has 4 aromatic heterocycles. The molecule has 5 aromatic rings. The van der Waals surface area contributed by atoms with Gasteiger partial charge in [-0.25, -0.2) is 14.5 Å². The van der Waals surface area contributed by atoms with Crippen LogP contribution in [0.3, 0.4) is 0 Å². The maximum atomic E-state index is 14.7. The second kappa shape index (κ2) is 10.5. The molecular formula is C29H25FN6O3S. The lowest BCUT2D eigenvalue weighted by atomic mass is 9.96. The normalized spacial score (nSPS) is 14.5. The van der Waals surface area contributed by atoms with Crippen molar-refractivity contribution in [2.75, 3.05) is 10.6 Å². The second-order valence-corrected chi connectivity index (χ2v) is 10.8. The Labute approximate surface area is 232 Å². The first-order chi connectivity index (χ1) is 19.3. The van der Waals surface area contributed by atoms with Gasteiger partial charge in [0.2, 0.25) is 0 Å². The number of aromatic nitrogens is 4. The Balaban J connectivity index is 1.22. The summed E-state index contributed by atoms with van der Waals surface area (Å²) in [5.74, 6) is -0.551. The molecule has 0 radical (unpaired) electrons. The van der Waals surface area contributed by atoms with Crippen molar-refractivity contribution < 1.29 is 14.3 Å². The van der Waals surface area contributed by atoms with E-state index in [1.54, 1.807) is 24.4 Å². The van der Waals surface area contributed by atoms with Gasteiger partial charge in [-0.3, -0.25) is 9.59 Å². The highest BCUT2D eigenvalue weighted by Crippen LogP contribution is 2.31. The molecule has 0 fully saturated rings. The molecule has 40 heavy (non-hydrogen) atoms. The van der Waals surface area contributed by atoms with Gasteiger partial charge >= 0.3 is 0 Å². The molecule has 11 heteroatoms. The van der Waals surface area contributed by atoms with Gasteiger partial charge < -0.3 is 20.3 Å². The molecule has 1 aliphatic carbocycles. The number of hydrogen-bond acceptors (Lipinski definition) is 7. The lowest BCUT2D eigenvalue weighted by Gasteiger charge is -2.16. The number of aryl methyl sites for hydroxylation is 2. The third-order valence-electron chi connectivity index (χ3n) is 6.86. The number of H-pyrrole nitrogens is 1. The van der Waals surface area contributed by atoms with Crippen LogP contribution in [0.15, 0.2) is 71.8 Å². The lowest BCUT2D eigenvalue weighted by Crippen LogP contribution is -2.16. The van der Waals surface area contributed by atoms with E-state index in [1.165, 1.54) is 29.5 Å². The lowest BCUT2D eigenvalue weighted by molar-refractivity contribution is 0.102. The fourth-order valence-electron chi connectivity index (χ4n) is 4.75. The predicted octanol–water partition coefficient (Wildman–Crippen LogP) is 4.88. The number of nitrogens with one attached hydrogen (secondary N) is 3. The summed E-state index contributed by atoms with van der Waals surface area (Å²) >= 11 is 1.36. The van der Waals surface area contributed by atoms with E-state index < -0.39 is 23.4 Å². The number of amides is 1. The van der Waals surface area contributed by atoms with Crippen LogP contribution in [-0.2, 0) is 19.9 Å². The summed E-state index contributed by atoms with van der Waals surface area (Å²) in [6.07, 6.45) is 5.18. The molecule has 0 saturated carbocycles. The molecule has 1 amide bonds. The Morgan fingerprint density at radius 2 is 2.00 bits per heavy atom. The van der Waals surface area contributed by atoms with Crippen molar-refractivity contribution in [3.8, 4) is 22.5 Å².